The zero-order valence-electron chi connectivity index (χ0n) is 43.6. The van der Waals surface area contributed by atoms with Crippen LogP contribution in [-0.4, -0.2) is 46.9 Å². The Balaban J connectivity index is 4.57. The number of hydrogen-bond acceptors (Lipinski definition) is 5. The minimum Gasteiger partial charge on any atom is -0.462 e. The van der Waals surface area contributed by atoms with Crippen LogP contribution in [0, 0.1) is 0 Å². The first-order chi connectivity index (χ1) is 32.5. The Bertz CT molecular complexity index is 1220. The van der Waals surface area contributed by atoms with Crippen molar-refractivity contribution in [2.45, 2.75) is 289 Å². The van der Waals surface area contributed by atoms with E-state index in [1.807, 2.05) is 0 Å². The van der Waals surface area contributed by atoms with Gasteiger partial charge < -0.3 is 20.3 Å². The second-order valence-electron chi connectivity index (χ2n) is 19.0. The monoisotopic (exact) mass is 922 g/mol. The van der Waals surface area contributed by atoms with Gasteiger partial charge in [-0.25, -0.2) is 0 Å². The second-order valence-corrected chi connectivity index (χ2v) is 19.0. The Morgan fingerprint density at radius 3 is 1.27 bits per heavy atom. The van der Waals surface area contributed by atoms with Gasteiger partial charge in [0.05, 0.1) is 25.2 Å². The fourth-order valence-corrected chi connectivity index (χ4v) is 8.28. The lowest BCUT2D eigenvalue weighted by molar-refractivity contribution is -0.151. The zero-order chi connectivity index (χ0) is 48.1. The highest BCUT2D eigenvalue weighted by atomic mass is 16.5. The van der Waals surface area contributed by atoms with Gasteiger partial charge in [-0.1, -0.05) is 235 Å². The zero-order valence-corrected chi connectivity index (χ0v) is 43.6. The number of esters is 1. The molecule has 0 heterocycles. The van der Waals surface area contributed by atoms with Gasteiger partial charge in [0.15, 0.2) is 0 Å². The van der Waals surface area contributed by atoms with Crippen LogP contribution < -0.4 is 5.32 Å². The summed E-state index contributed by atoms with van der Waals surface area (Å²) in [5, 5.41) is 23.8. The van der Waals surface area contributed by atoms with Crippen LogP contribution in [0.1, 0.15) is 271 Å². The van der Waals surface area contributed by atoms with Crippen molar-refractivity contribution in [2.24, 2.45) is 0 Å². The van der Waals surface area contributed by atoms with Crippen LogP contribution in [0.15, 0.2) is 72.9 Å². The molecule has 0 aliphatic rings. The van der Waals surface area contributed by atoms with Crippen LogP contribution in [0.3, 0.4) is 0 Å². The van der Waals surface area contributed by atoms with E-state index in [9.17, 15) is 19.8 Å². The average Bonchev–Trinajstić information content (AvgIpc) is 3.31. The number of unbranched alkanes of at least 4 members (excludes halogenated alkanes) is 26. The number of carbonyl (C=O) groups is 2. The van der Waals surface area contributed by atoms with Crippen LogP contribution in [0.5, 0.6) is 0 Å². The molecule has 382 valence electrons. The molecule has 0 aromatic heterocycles. The van der Waals surface area contributed by atoms with Crippen molar-refractivity contribution >= 4 is 11.9 Å². The van der Waals surface area contributed by atoms with E-state index in [0.717, 1.165) is 109 Å². The number of allylic oxidation sites excluding steroid dienone is 12. The number of amides is 1. The van der Waals surface area contributed by atoms with Gasteiger partial charge in [0.2, 0.25) is 5.91 Å². The molecular weight excluding hydrogens is 815 g/mol. The predicted molar refractivity (Wildman–Crippen MR) is 287 cm³/mol. The first-order valence-corrected chi connectivity index (χ1v) is 28.2. The van der Waals surface area contributed by atoms with E-state index in [0.29, 0.717) is 19.3 Å². The van der Waals surface area contributed by atoms with Gasteiger partial charge in [-0.3, -0.25) is 9.59 Å². The molecular formula is C60H107NO5. The van der Waals surface area contributed by atoms with Crippen LogP contribution in [-0.2, 0) is 14.3 Å². The molecule has 0 radical (unpaired) electrons. The van der Waals surface area contributed by atoms with Crippen molar-refractivity contribution in [1.29, 1.82) is 0 Å². The number of hydrogen-bond donors (Lipinski definition) is 3. The quantitative estimate of drug-likeness (QED) is 0.0321. The molecule has 0 aliphatic carbocycles. The minimum absolute atomic E-state index is 0.0529. The summed E-state index contributed by atoms with van der Waals surface area (Å²) in [6.45, 7) is 6.35. The molecule has 0 bridgehead atoms. The molecule has 0 aliphatic heterocycles. The summed E-state index contributed by atoms with van der Waals surface area (Å²) in [6, 6.07) is -0.716. The average molecular weight is 923 g/mol. The number of ether oxygens (including phenoxy) is 1. The molecule has 66 heavy (non-hydrogen) atoms. The van der Waals surface area contributed by atoms with Crippen LogP contribution in [0.25, 0.3) is 0 Å². The van der Waals surface area contributed by atoms with Crippen LogP contribution >= 0.6 is 0 Å². The smallest absolute Gasteiger partial charge is 0.306 e. The fraction of sp³-hybridized carbons (Fsp3) is 0.767. The van der Waals surface area contributed by atoms with Crippen LogP contribution in [0.4, 0.5) is 0 Å². The molecule has 3 unspecified atom stereocenters. The van der Waals surface area contributed by atoms with Crippen molar-refractivity contribution in [1.82, 2.24) is 5.32 Å². The molecule has 3 atom stereocenters. The summed E-state index contributed by atoms with van der Waals surface area (Å²) in [5.74, 6) is -0.522. The lowest BCUT2D eigenvalue weighted by Gasteiger charge is -2.24. The molecule has 0 saturated carbocycles. The van der Waals surface area contributed by atoms with E-state index in [1.54, 1.807) is 0 Å². The Kier molecular flexibility index (Phi) is 51.1. The van der Waals surface area contributed by atoms with E-state index < -0.39 is 18.2 Å². The maximum Gasteiger partial charge on any atom is 0.306 e. The van der Waals surface area contributed by atoms with Gasteiger partial charge in [-0.2, -0.15) is 0 Å². The first kappa shape index (κ1) is 63.3. The van der Waals surface area contributed by atoms with Gasteiger partial charge in [0.25, 0.3) is 0 Å². The van der Waals surface area contributed by atoms with Crippen molar-refractivity contribution < 1.29 is 24.5 Å². The maximum absolute atomic E-state index is 13.2. The van der Waals surface area contributed by atoms with Crippen molar-refractivity contribution in [3.8, 4) is 0 Å². The van der Waals surface area contributed by atoms with E-state index >= 15 is 0 Å². The molecule has 0 spiro atoms. The van der Waals surface area contributed by atoms with Gasteiger partial charge in [-0.05, 0) is 96.3 Å². The highest BCUT2D eigenvalue weighted by Crippen LogP contribution is 2.18. The number of aliphatic hydroxyl groups is 2. The standard InChI is InChI=1S/C60H107NO5/c1-4-7-10-13-16-19-22-25-27-29-30-31-33-35-38-41-44-47-50-53-60(65)66-56(51-48-45-42-39-36-24-21-18-15-12-9-6-3)54-59(64)61-57(55-62)58(63)52-49-46-43-40-37-34-32-28-26-23-20-17-14-11-8-5-2/h9,12,16,18-19,21,25,27,30-31,35,38,56-58,62-63H,4-8,10-11,13-15,17,20,22-24,26,28-29,32-34,36-37,39-55H2,1-3H3,(H,61,64)/b12-9+,19-16-,21-18+,27-25-,31-30-,38-35-. The summed E-state index contributed by atoms with van der Waals surface area (Å²) in [7, 11) is 0. The summed E-state index contributed by atoms with van der Waals surface area (Å²) < 4.78 is 5.93. The lowest BCUT2D eigenvalue weighted by Crippen LogP contribution is -2.46. The van der Waals surface area contributed by atoms with E-state index in [1.165, 1.54) is 116 Å². The van der Waals surface area contributed by atoms with Crippen LogP contribution in [0.2, 0.25) is 0 Å². The second kappa shape index (κ2) is 53.3. The number of carbonyl (C=O) groups excluding carboxylic acids is 2. The topological polar surface area (TPSA) is 95.9 Å². The van der Waals surface area contributed by atoms with Gasteiger partial charge in [-0.15, -0.1) is 0 Å². The molecule has 6 heteroatoms. The first-order valence-electron chi connectivity index (χ1n) is 28.2. The third-order valence-electron chi connectivity index (χ3n) is 12.5. The van der Waals surface area contributed by atoms with E-state index in [2.05, 4.69) is 99.0 Å². The third-order valence-corrected chi connectivity index (χ3v) is 12.5. The molecule has 0 aromatic carbocycles. The molecule has 3 N–H and O–H groups in total. The molecule has 1 amide bonds. The Hall–Kier alpha value is -2.70. The van der Waals surface area contributed by atoms with Gasteiger partial charge in [0, 0.05) is 6.42 Å². The van der Waals surface area contributed by atoms with Gasteiger partial charge in [0.1, 0.15) is 6.10 Å². The Labute approximate surface area is 409 Å². The molecule has 0 aromatic rings. The molecule has 0 fully saturated rings. The molecule has 6 nitrogen and oxygen atoms in total. The number of rotatable bonds is 50. The summed E-state index contributed by atoms with van der Waals surface area (Å²) in [4.78, 5) is 26.2. The Morgan fingerprint density at radius 1 is 0.455 bits per heavy atom. The normalized spacial score (nSPS) is 13.7. The predicted octanol–water partition coefficient (Wildman–Crippen LogP) is 17.3. The fourth-order valence-electron chi connectivity index (χ4n) is 8.28. The highest BCUT2D eigenvalue weighted by molar-refractivity contribution is 5.77. The van der Waals surface area contributed by atoms with Crippen molar-refractivity contribution in [2.75, 3.05) is 6.61 Å². The molecule has 0 rings (SSSR count). The highest BCUT2D eigenvalue weighted by Gasteiger charge is 2.24. The van der Waals surface area contributed by atoms with Crippen molar-refractivity contribution in [3.05, 3.63) is 72.9 Å². The Morgan fingerprint density at radius 2 is 0.818 bits per heavy atom. The van der Waals surface area contributed by atoms with E-state index in [-0.39, 0.29) is 24.9 Å². The van der Waals surface area contributed by atoms with Crippen molar-refractivity contribution in [3.63, 3.8) is 0 Å². The lowest BCUT2D eigenvalue weighted by atomic mass is 10.0. The summed E-state index contributed by atoms with van der Waals surface area (Å²) in [5.41, 5.74) is 0. The maximum atomic E-state index is 13.2. The number of nitrogens with one attached hydrogen (secondary N) is 1. The summed E-state index contributed by atoms with van der Waals surface area (Å²) in [6.07, 6.45) is 68.2. The number of aliphatic hydroxyl groups excluding tert-OH is 2. The minimum atomic E-state index is -0.801. The molecule has 0 saturated heterocycles. The van der Waals surface area contributed by atoms with Gasteiger partial charge >= 0.3 is 5.97 Å². The largest absolute Gasteiger partial charge is 0.462 e. The summed E-state index contributed by atoms with van der Waals surface area (Å²) >= 11 is 0. The van der Waals surface area contributed by atoms with E-state index in [4.69, 9.17) is 4.74 Å². The third kappa shape index (κ3) is 47.8. The SMILES string of the molecule is CC/C=C/C/C=C/CCCCCCCC(CC(=O)NC(CO)C(O)CCCCCCCCCCCCCCCCCC)OC(=O)CCCCC/C=C\C/C=C\C/C=C\C/C=C\CCCCC.